The van der Waals surface area contributed by atoms with E-state index >= 15 is 0 Å². The van der Waals surface area contributed by atoms with Crippen LogP contribution in [0.2, 0.25) is 0 Å². The highest BCUT2D eigenvalue weighted by atomic mass is 16.2. The Kier molecular flexibility index (Phi) is 3.09. The average Bonchev–Trinajstić information content (AvgIpc) is 2.30. The monoisotopic (exact) mass is 170 g/mol. The summed E-state index contributed by atoms with van der Waals surface area (Å²) in [6, 6.07) is 0.0110. The minimum Gasteiger partial charge on any atom is -0.329 e. The van der Waals surface area contributed by atoms with Crippen LogP contribution < -0.4 is 5.32 Å². The molecule has 0 radical (unpaired) electrons. The van der Waals surface area contributed by atoms with Gasteiger partial charge in [0, 0.05) is 7.05 Å². The Balaban J connectivity index is 2.42. The van der Waals surface area contributed by atoms with Gasteiger partial charge in [-0.3, -0.25) is 10.1 Å². The highest BCUT2D eigenvalue weighted by molar-refractivity contribution is 5.83. The van der Waals surface area contributed by atoms with E-state index in [1.54, 1.807) is 0 Å². The largest absolute Gasteiger partial charge is 0.329 e. The second-order valence-corrected chi connectivity index (χ2v) is 3.50. The Morgan fingerprint density at radius 1 is 1.58 bits per heavy atom. The summed E-state index contributed by atoms with van der Waals surface area (Å²) in [5.74, 6) is 0.219. The standard InChI is InChI=1S/C9H18N2O/c1-4-5-6-8-10-7(2)9(12)11(8)3/h7-8,10H,4-6H2,1-3H3. The molecule has 1 aliphatic heterocycles. The third-order valence-corrected chi connectivity index (χ3v) is 2.46. The minimum absolute atomic E-state index is 0.0110. The van der Waals surface area contributed by atoms with Gasteiger partial charge in [0.05, 0.1) is 12.2 Å². The van der Waals surface area contributed by atoms with Crippen molar-refractivity contribution in [2.75, 3.05) is 7.05 Å². The van der Waals surface area contributed by atoms with Crippen LogP contribution in [-0.4, -0.2) is 30.1 Å². The predicted molar refractivity (Wildman–Crippen MR) is 48.7 cm³/mol. The molecule has 1 amide bonds. The molecule has 0 aromatic carbocycles. The molecule has 12 heavy (non-hydrogen) atoms. The summed E-state index contributed by atoms with van der Waals surface area (Å²) in [4.78, 5) is 13.2. The van der Waals surface area contributed by atoms with E-state index in [1.165, 1.54) is 12.8 Å². The number of carbonyl (C=O) groups is 1. The molecule has 70 valence electrons. The molecule has 2 atom stereocenters. The highest BCUT2D eigenvalue weighted by Gasteiger charge is 2.32. The number of likely N-dealkylation sites (N-methyl/N-ethyl adjacent to an activating group) is 1. The van der Waals surface area contributed by atoms with Crippen molar-refractivity contribution in [3.05, 3.63) is 0 Å². The van der Waals surface area contributed by atoms with Gasteiger partial charge in [-0.15, -0.1) is 0 Å². The average molecular weight is 170 g/mol. The van der Waals surface area contributed by atoms with Crippen molar-refractivity contribution < 1.29 is 4.79 Å². The molecule has 2 unspecified atom stereocenters. The quantitative estimate of drug-likeness (QED) is 0.684. The van der Waals surface area contributed by atoms with Crippen molar-refractivity contribution >= 4 is 5.91 Å². The molecule has 0 spiro atoms. The Bertz CT molecular complexity index is 170. The van der Waals surface area contributed by atoms with E-state index in [0.717, 1.165) is 6.42 Å². The number of hydrogen-bond donors (Lipinski definition) is 1. The van der Waals surface area contributed by atoms with Crippen molar-refractivity contribution in [2.45, 2.75) is 45.3 Å². The number of carbonyl (C=O) groups excluding carboxylic acids is 1. The molecule has 0 aliphatic carbocycles. The van der Waals surface area contributed by atoms with Crippen molar-refractivity contribution in [2.24, 2.45) is 0 Å². The molecule has 0 saturated carbocycles. The Labute approximate surface area is 74.1 Å². The van der Waals surface area contributed by atoms with E-state index < -0.39 is 0 Å². The van der Waals surface area contributed by atoms with Crippen LogP contribution in [0.3, 0.4) is 0 Å². The second-order valence-electron chi connectivity index (χ2n) is 3.50. The molecule has 3 nitrogen and oxygen atoms in total. The van der Waals surface area contributed by atoms with Crippen LogP contribution in [-0.2, 0) is 4.79 Å². The zero-order valence-corrected chi connectivity index (χ0v) is 8.13. The fourth-order valence-electron chi connectivity index (χ4n) is 1.61. The number of nitrogens with zero attached hydrogens (tertiary/aromatic N) is 1. The van der Waals surface area contributed by atoms with Crippen LogP contribution in [0, 0.1) is 0 Å². The maximum absolute atomic E-state index is 11.3. The molecule has 0 bridgehead atoms. The van der Waals surface area contributed by atoms with Gasteiger partial charge in [-0.1, -0.05) is 19.8 Å². The van der Waals surface area contributed by atoms with Crippen LogP contribution in [0.5, 0.6) is 0 Å². The normalized spacial score (nSPS) is 29.9. The van der Waals surface area contributed by atoms with E-state index in [9.17, 15) is 4.79 Å². The first-order valence-corrected chi connectivity index (χ1v) is 4.69. The summed E-state index contributed by atoms with van der Waals surface area (Å²) in [7, 11) is 1.87. The van der Waals surface area contributed by atoms with E-state index in [2.05, 4.69) is 12.2 Å². The summed E-state index contributed by atoms with van der Waals surface area (Å²) in [5.41, 5.74) is 0. The molecule has 1 aliphatic rings. The lowest BCUT2D eigenvalue weighted by Crippen LogP contribution is -2.34. The lowest BCUT2D eigenvalue weighted by atomic mass is 10.2. The number of hydrogen-bond acceptors (Lipinski definition) is 2. The lowest BCUT2D eigenvalue weighted by Gasteiger charge is -2.18. The van der Waals surface area contributed by atoms with Gasteiger partial charge < -0.3 is 4.90 Å². The molecule has 1 N–H and O–H groups in total. The van der Waals surface area contributed by atoms with Gasteiger partial charge in [0.15, 0.2) is 0 Å². The number of rotatable bonds is 3. The minimum atomic E-state index is 0.0110. The highest BCUT2D eigenvalue weighted by Crippen LogP contribution is 2.12. The van der Waals surface area contributed by atoms with E-state index in [-0.39, 0.29) is 18.1 Å². The molecule has 1 heterocycles. The maximum Gasteiger partial charge on any atom is 0.240 e. The number of unbranched alkanes of at least 4 members (excludes halogenated alkanes) is 1. The smallest absolute Gasteiger partial charge is 0.240 e. The zero-order valence-electron chi connectivity index (χ0n) is 8.13. The fraction of sp³-hybridized carbons (Fsp3) is 0.889. The Morgan fingerprint density at radius 2 is 2.25 bits per heavy atom. The molecular formula is C9H18N2O. The van der Waals surface area contributed by atoms with E-state index in [4.69, 9.17) is 0 Å². The first-order chi connectivity index (χ1) is 5.66. The molecule has 1 fully saturated rings. The fourth-order valence-corrected chi connectivity index (χ4v) is 1.61. The van der Waals surface area contributed by atoms with Crippen molar-refractivity contribution in [3.8, 4) is 0 Å². The van der Waals surface area contributed by atoms with Crippen LogP contribution >= 0.6 is 0 Å². The second kappa shape index (κ2) is 3.90. The zero-order chi connectivity index (χ0) is 9.14. The number of amides is 1. The third-order valence-electron chi connectivity index (χ3n) is 2.46. The van der Waals surface area contributed by atoms with Crippen molar-refractivity contribution in [1.29, 1.82) is 0 Å². The van der Waals surface area contributed by atoms with E-state index in [1.807, 2.05) is 18.9 Å². The van der Waals surface area contributed by atoms with Gasteiger partial charge in [0.1, 0.15) is 0 Å². The summed E-state index contributed by atoms with van der Waals surface area (Å²) >= 11 is 0. The van der Waals surface area contributed by atoms with Crippen molar-refractivity contribution in [1.82, 2.24) is 10.2 Å². The van der Waals surface area contributed by atoms with Gasteiger partial charge in [-0.05, 0) is 13.3 Å². The van der Waals surface area contributed by atoms with Crippen LogP contribution in [0.1, 0.15) is 33.1 Å². The van der Waals surface area contributed by atoms with Crippen LogP contribution in [0.15, 0.2) is 0 Å². The SMILES string of the molecule is CCCCC1NC(C)C(=O)N1C. The first kappa shape index (κ1) is 9.52. The summed E-state index contributed by atoms with van der Waals surface area (Å²) in [6.07, 6.45) is 3.71. The van der Waals surface area contributed by atoms with Crippen LogP contribution in [0.4, 0.5) is 0 Å². The molecule has 1 rings (SSSR count). The molecular weight excluding hydrogens is 152 g/mol. The molecule has 0 aromatic rings. The topological polar surface area (TPSA) is 32.3 Å². The van der Waals surface area contributed by atoms with Gasteiger partial charge in [0.25, 0.3) is 0 Å². The van der Waals surface area contributed by atoms with Gasteiger partial charge in [-0.25, -0.2) is 0 Å². The lowest BCUT2D eigenvalue weighted by molar-refractivity contribution is -0.128. The first-order valence-electron chi connectivity index (χ1n) is 4.69. The summed E-state index contributed by atoms with van der Waals surface area (Å²) in [6.45, 7) is 4.09. The molecule has 0 aromatic heterocycles. The van der Waals surface area contributed by atoms with Gasteiger partial charge in [0.2, 0.25) is 5.91 Å². The Hall–Kier alpha value is -0.570. The summed E-state index contributed by atoms with van der Waals surface area (Å²) in [5, 5.41) is 3.26. The van der Waals surface area contributed by atoms with Gasteiger partial charge >= 0.3 is 0 Å². The van der Waals surface area contributed by atoms with Crippen LogP contribution in [0.25, 0.3) is 0 Å². The third kappa shape index (κ3) is 1.78. The van der Waals surface area contributed by atoms with Gasteiger partial charge in [-0.2, -0.15) is 0 Å². The van der Waals surface area contributed by atoms with Crippen molar-refractivity contribution in [3.63, 3.8) is 0 Å². The van der Waals surface area contributed by atoms with E-state index in [0.29, 0.717) is 0 Å². The number of nitrogens with one attached hydrogen (secondary N) is 1. The maximum atomic E-state index is 11.3. The Morgan fingerprint density at radius 3 is 2.67 bits per heavy atom. The molecule has 3 heteroatoms. The summed E-state index contributed by atoms with van der Waals surface area (Å²) < 4.78 is 0. The molecule has 1 saturated heterocycles. The predicted octanol–water partition coefficient (Wildman–Crippen LogP) is 0.953.